The van der Waals surface area contributed by atoms with Crippen LogP contribution in [0.15, 0.2) is 18.2 Å². The zero-order chi connectivity index (χ0) is 18.5. The van der Waals surface area contributed by atoms with E-state index in [2.05, 4.69) is 16.2 Å². The van der Waals surface area contributed by atoms with Crippen molar-refractivity contribution in [1.82, 2.24) is 10.9 Å². The Bertz CT molecular complexity index is 700. The summed E-state index contributed by atoms with van der Waals surface area (Å²) in [4.78, 5) is 36.0. The molecule has 2 aliphatic rings. The highest BCUT2D eigenvalue weighted by molar-refractivity contribution is 5.93. The normalized spacial score (nSPS) is 21.0. The van der Waals surface area contributed by atoms with Gasteiger partial charge in [-0.2, -0.15) is 0 Å². The standard InChI is InChI=1S/C17H22N4O5/c1-11(22)19-20-16(23)9-21-6-4-12(5-7-21)17(24)18-13-2-3-14-15(8-13)26-10-25-14/h2-3,8,12H,4-7,9-10H2,1H3,(H,18,24)(H,19,22)(H,20,23)/p+1. The van der Waals surface area contributed by atoms with Crippen molar-refractivity contribution in [2.24, 2.45) is 5.92 Å². The fraction of sp³-hybridized carbons (Fsp3) is 0.471. The molecule has 2 heterocycles. The van der Waals surface area contributed by atoms with E-state index in [9.17, 15) is 14.4 Å². The number of hydrogen-bond acceptors (Lipinski definition) is 5. The Morgan fingerprint density at radius 3 is 2.58 bits per heavy atom. The molecule has 3 rings (SSSR count). The number of quaternary nitrogens is 1. The lowest BCUT2D eigenvalue weighted by atomic mass is 9.96. The summed E-state index contributed by atoms with van der Waals surface area (Å²) < 4.78 is 10.6. The molecule has 0 saturated carbocycles. The Hall–Kier alpha value is -2.81. The van der Waals surface area contributed by atoms with E-state index >= 15 is 0 Å². The van der Waals surface area contributed by atoms with Crippen molar-refractivity contribution in [3.05, 3.63) is 18.2 Å². The number of rotatable bonds is 4. The molecule has 9 heteroatoms. The lowest BCUT2D eigenvalue weighted by Crippen LogP contribution is -3.14. The Morgan fingerprint density at radius 1 is 1.12 bits per heavy atom. The van der Waals surface area contributed by atoms with Crippen LogP contribution in [0.1, 0.15) is 19.8 Å². The Morgan fingerprint density at radius 2 is 1.85 bits per heavy atom. The third kappa shape index (κ3) is 4.63. The number of amides is 3. The highest BCUT2D eigenvalue weighted by Crippen LogP contribution is 2.34. The Kier molecular flexibility index (Phi) is 5.57. The van der Waals surface area contributed by atoms with E-state index in [1.807, 2.05) is 0 Å². The van der Waals surface area contributed by atoms with Crippen molar-refractivity contribution in [1.29, 1.82) is 0 Å². The summed E-state index contributed by atoms with van der Waals surface area (Å²) in [5.74, 6) is 0.656. The summed E-state index contributed by atoms with van der Waals surface area (Å²) in [6.07, 6.45) is 1.41. The smallest absolute Gasteiger partial charge is 0.293 e. The zero-order valence-corrected chi connectivity index (χ0v) is 14.6. The van der Waals surface area contributed by atoms with Crippen LogP contribution in [-0.2, 0) is 14.4 Å². The minimum atomic E-state index is -0.313. The first-order chi connectivity index (χ1) is 12.5. The van der Waals surface area contributed by atoms with E-state index < -0.39 is 0 Å². The maximum absolute atomic E-state index is 12.5. The van der Waals surface area contributed by atoms with Crippen LogP contribution in [0.25, 0.3) is 0 Å². The van der Waals surface area contributed by atoms with Crippen molar-refractivity contribution >= 4 is 23.4 Å². The van der Waals surface area contributed by atoms with E-state index in [0.29, 0.717) is 30.0 Å². The van der Waals surface area contributed by atoms with Gasteiger partial charge in [0.1, 0.15) is 0 Å². The Balaban J connectivity index is 1.43. The van der Waals surface area contributed by atoms with Gasteiger partial charge in [0.05, 0.1) is 13.1 Å². The first-order valence-corrected chi connectivity index (χ1v) is 8.61. The van der Waals surface area contributed by atoms with Gasteiger partial charge in [0, 0.05) is 37.4 Å². The molecule has 140 valence electrons. The molecule has 0 aliphatic carbocycles. The summed E-state index contributed by atoms with van der Waals surface area (Å²) in [5.41, 5.74) is 5.31. The van der Waals surface area contributed by atoms with Gasteiger partial charge in [-0.15, -0.1) is 0 Å². The second kappa shape index (κ2) is 8.05. The maximum atomic E-state index is 12.5. The number of hydrogen-bond donors (Lipinski definition) is 4. The van der Waals surface area contributed by atoms with Gasteiger partial charge < -0.3 is 19.7 Å². The van der Waals surface area contributed by atoms with Crippen LogP contribution in [0.2, 0.25) is 0 Å². The average Bonchev–Trinajstić information content (AvgIpc) is 3.08. The van der Waals surface area contributed by atoms with E-state index in [-0.39, 0.29) is 37.0 Å². The van der Waals surface area contributed by atoms with Gasteiger partial charge in [-0.1, -0.05) is 0 Å². The number of carbonyl (C=O) groups excluding carboxylic acids is 3. The number of ether oxygens (including phenoxy) is 2. The molecular formula is C17H23N4O5+. The molecule has 1 aromatic rings. The fourth-order valence-corrected chi connectivity index (χ4v) is 3.11. The van der Waals surface area contributed by atoms with Crippen LogP contribution in [-0.4, -0.2) is 44.1 Å². The third-order valence-electron chi connectivity index (χ3n) is 4.49. The zero-order valence-electron chi connectivity index (χ0n) is 14.6. The summed E-state index contributed by atoms with van der Waals surface area (Å²) in [7, 11) is 0. The molecule has 26 heavy (non-hydrogen) atoms. The molecule has 0 atom stereocenters. The number of likely N-dealkylation sites (tertiary alicyclic amines) is 1. The van der Waals surface area contributed by atoms with Crippen molar-refractivity contribution in [2.45, 2.75) is 19.8 Å². The molecule has 4 N–H and O–H groups in total. The minimum Gasteiger partial charge on any atom is -0.454 e. The minimum absolute atomic E-state index is 0.0226. The van der Waals surface area contributed by atoms with Gasteiger partial charge in [0.25, 0.3) is 5.91 Å². The van der Waals surface area contributed by atoms with Crippen molar-refractivity contribution in [3.63, 3.8) is 0 Å². The van der Waals surface area contributed by atoms with Crippen LogP contribution in [0.4, 0.5) is 5.69 Å². The van der Waals surface area contributed by atoms with Crippen LogP contribution < -0.4 is 30.5 Å². The topological polar surface area (TPSA) is 110 Å². The number of fused-ring (bicyclic) bond motifs is 1. The fourth-order valence-electron chi connectivity index (χ4n) is 3.11. The SMILES string of the molecule is CC(=O)NNC(=O)C[NH+]1CCC(C(=O)Nc2ccc3c(c2)OCO3)CC1. The lowest BCUT2D eigenvalue weighted by molar-refractivity contribution is -0.897. The first-order valence-electron chi connectivity index (χ1n) is 8.61. The van der Waals surface area contributed by atoms with E-state index in [1.54, 1.807) is 18.2 Å². The number of piperidine rings is 1. The molecule has 9 nitrogen and oxygen atoms in total. The quantitative estimate of drug-likeness (QED) is 0.503. The highest BCUT2D eigenvalue weighted by atomic mass is 16.7. The molecule has 1 saturated heterocycles. The second-order valence-electron chi connectivity index (χ2n) is 6.49. The molecule has 3 amide bonds. The van der Waals surface area contributed by atoms with Gasteiger partial charge >= 0.3 is 0 Å². The van der Waals surface area contributed by atoms with Crippen LogP contribution in [0.5, 0.6) is 11.5 Å². The van der Waals surface area contributed by atoms with Gasteiger partial charge in [0.2, 0.25) is 18.6 Å². The molecule has 0 radical (unpaired) electrons. The van der Waals surface area contributed by atoms with E-state index in [1.165, 1.54) is 6.92 Å². The van der Waals surface area contributed by atoms with Gasteiger partial charge in [-0.25, -0.2) is 0 Å². The second-order valence-corrected chi connectivity index (χ2v) is 6.49. The molecule has 0 spiro atoms. The molecule has 1 aromatic carbocycles. The molecule has 2 aliphatic heterocycles. The number of hydrazine groups is 1. The summed E-state index contributed by atoms with van der Waals surface area (Å²) in [5, 5.41) is 2.92. The number of nitrogens with one attached hydrogen (secondary N) is 4. The lowest BCUT2D eigenvalue weighted by Gasteiger charge is -2.28. The summed E-state index contributed by atoms with van der Waals surface area (Å²) >= 11 is 0. The maximum Gasteiger partial charge on any atom is 0.293 e. The molecule has 1 fully saturated rings. The predicted octanol–water partition coefficient (Wildman–Crippen LogP) is -1.18. The number of anilines is 1. The highest BCUT2D eigenvalue weighted by Gasteiger charge is 2.29. The van der Waals surface area contributed by atoms with E-state index in [0.717, 1.165) is 18.0 Å². The van der Waals surface area contributed by atoms with Crippen molar-refractivity contribution < 1.29 is 28.8 Å². The van der Waals surface area contributed by atoms with E-state index in [4.69, 9.17) is 9.47 Å². The Labute approximate surface area is 151 Å². The van der Waals surface area contributed by atoms with Gasteiger partial charge in [-0.3, -0.25) is 25.2 Å². The monoisotopic (exact) mass is 363 g/mol. The summed E-state index contributed by atoms with van der Waals surface area (Å²) in [6.45, 7) is 3.26. The van der Waals surface area contributed by atoms with Crippen LogP contribution in [0.3, 0.4) is 0 Å². The van der Waals surface area contributed by atoms with Gasteiger partial charge in [-0.05, 0) is 12.1 Å². The number of benzene rings is 1. The van der Waals surface area contributed by atoms with Crippen molar-refractivity contribution in [2.75, 3.05) is 31.7 Å². The summed E-state index contributed by atoms with van der Waals surface area (Å²) in [6, 6.07) is 5.32. The predicted molar refractivity (Wildman–Crippen MR) is 91.4 cm³/mol. The van der Waals surface area contributed by atoms with Gasteiger partial charge in [0.15, 0.2) is 18.0 Å². The molecule has 0 aromatic heterocycles. The molecular weight excluding hydrogens is 340 g/mol. The molecule has 0 bridgehead atoms. The van der Waals surface area contributed by atoms with Crippen LogP contribution >= 0.6 is 0 Å². The average molecular weight is 363 g/mol. The van der Waals surface area contributed by atoms with Crippen LogP contribution in [0, 0.1) is 5.92 Å². The largest absolute Gasteiger partial charge is 0.454 e. The third-order valence-corrected chi connectivity index (χ3v) is 4.49. The van der Waals surface area contributed by atoms with Crippen molar-refractivity contribution in [3.8, 4) is 11.5 Å². The number of carbonyl (C=O) groups is 3. The first kappa shape index (κ1) is 18.0. The molecule has 0 unspecified atom stereocenters.